The molecular formula is C17H22N4O2S. The second-order valence-electron chi connectivity index (χ2n) is 6.26. The van der Waals surface area contributed by atoms with Gasteiger partial charge in [-0.15, -0.1) is 0 Å². The van der Waals surface area contributed by atoms with Gasteiger partial charge in [0.25, 0.3) is 5.91 Å². The first kappa shape index (κ1) is 16.8. The molecule has 1 aliphatic heterocycles. The molecule has 128 valence electrons. The van der Waals surface area contributed by atoms with Crippen LogP contribution in [0.25, 0.3) is 0 Å². The lowest BCUT2D eigenvalue weighted by atomic mass is 10.2. The molecule has 1 atom stereocenters. The number of pyridine rings is 1. The minimum absolute atomic E-state index is 0.00742. The van der Waals surface area contributed by atoms with Crippen molar-refractivity contribution < 1.29 is 9.00 Å². The number of rotatable bonds is 5. The van der Waals surface area contributed by atoms with E-state index in [1.54, 1.807) is 12.1 Å². The fourth-order valence-electron chi connectivity index (χ4n) is 2.69. The van der Waals surface area contributed by atoms with E-state index in [1.807, 2.05) is 35.7 Å². The highest BCUT2D eigenvalue weighted by Gasteiger charge is 2.20. The van der Waals surface area contributed by atoms with Gasteiger partial charge in [0, 0.05) is 31.5 Å². The molecule has 24 heavy (non-hydrogen) atoms. The first-order valence-corrected chi connectivity index (χ1v) is 9.54. The van der Waals surface area contributed by atoms with Crippen LogP contribution in [0, 0.1) is 0 Å². The molecule has 1 unspecified atom stereocenters. The molecule has 0 aliphatic carbocycles. The fourth-order valence-corrected chi connectivity index (χ4v) is 3.66. The molecule has 1 amide bonds. The van der Waals surface area contributed by atoms with Crippen LogP contribution in [0.3, 0.4) is 0 Å². The van der Waals surface area contributed by atoms with Gasteiger partial charge in [-0.3, -0.25) is 13.7 Å². The van der Waals surface area contributed by atoms with Gasteiger partial charge >= 0.3 is 0 Å². The Kier molecular flexibility index (Phi) is 5.08. The number of amides is 1. The SMILES string of the molecule is CC(C)n1ccc(CS(=O)c2ccc(C(=O)N3CCCC3)cn2)n1. The van der Waals surface area contributed by atoms with E-state index >= 15 is 0 Å². The lowest BCUT2D eigenvalue weighted by molar-refractivity contribution is 0.0792. The van der Waals surface area contributed by atoms with Gasteiger partial charge in [-0.25, -0.2) is 4.98 Å². The minimum Gasteiger partial charge on any atom is -0.339 e. The lowest BCUT2D eigenvalue weighted by Crippen LogP contribution is -2.27. The zero-order chi connectivity index (χ0) is 17.1. The first-order valence-electron chi connectivity index (χ1n) is 8.22. The van der Waals surface area contributed by atoms with Crippen molar-refractivity contribution in [2.24, 2.45) is 0 Å². The van der Waals surface area contributed by atoms with Crippen molar-refractivity contribution in [3.05, 3.63) is 41.9 Å². The monoisotopic (exact) mass is 346 g/mol. The van der Waals surface area contributed by atoms with Crippen LogP contribution < -0.4 is 0 Å². The lowest BCUT2D eigenvalue weighted by Gasteiger charge is -2.14. The summed E-state index contributed by atoms with van der Waals surface area (Å²) in [5.74, 6) is 0.333. The van der Waals surface area contributed by atoms with Gasteiger partial charge in [-0.2, -0.15) is 5.10 Å². The molecule has 0 aromatic carbocycles. The quantitative estimate of drug-likeness (QED) is 0.834. The summed E-state index contributed by atoms with van der Waals surface area (Å²) in [6.07, 6.45) is 5.54. The number of likely N-dealkylation sites (tertiary alicyclic amines) is 1. The van der Waals surface area contributed by atoms with Gasteiger partial charge in [0.05, 0.1) is 27.8 Å². The fraction of sp³-hybridized carbons (Fsp3) is 0.471. The van der Waals surface area contributed by atoms with E-state index in [1.165, 1.54) is 6.20 Å². The van der Waals surface area contributed by atoms with Crippen molar-refractivity contribution >= 4 is 16.7 Å². The predicted octanol–water partition coefficient (Wildman–Crippen LogP) is 2.40. The van der Waals surface area contributed by atoms with Gasteiger partial charge < -0.3 is 4.90 Å². The molecule has 1 aliphatic rings. The van der Waals surface area contributed by atoms with Crippen molar-refractivity contribution in [3.63, 3.8) is 0 Å². The molecule has 3 heterocycles. The Hall–Kier alpha value is -2.02. The normalized spacial score (nSPS) is 15.9. The van der Waals surface area contributed by atoms with E-state index in [0.717, 1.165) is 31.6 Å². The molecule has 2 aromatic rings. The topological polar surface area (TPSA) is 68.1 Å². The van der Waals surface area contributed by atoms with Crippen LogP contribution in [0.4, 0.5) is 0 Å². The molecule has 0 bridgehead atoms. The molecule has 0 saturated carbocycles. The van der Waals surface area contributed by atoms with Crippen LogP contribution in [0.2, 0.25) is 0 Å². The smallest absolute Gasteiger partial charge is 0.255 e. The second-order valence-corrected chi connectivity index (χ2v) is 7.65. The highest BCUT2D eigenvalue weighted by atomic mass is 32.2. The molecule has 3 rings (SSSR count). The van der Waals surface area contributed by atoms with E-state index in [-0.39, 0.29) is 11.9 Å². The summed E-state index contributed by atoms with van der Waals surface area (Å²) in [6.45, 7) is 5.72. The first-order chi connectivity index (χ1) is 11.5. The van der Waals surface area contributed by atoms with Crippen molar-refractivity contribution in [2.75, 3.05) is 13.1 Å². The standard InChI is InChI=1S/C17H22N4O2S/c1-13(2)21-10-7-15(19-21)12-24(23)16-6-5-14(11-18-16)17(22)20-8-3-4-9-20/h5-7,10-11,13H,3-4,8-9,12H2,1-2H3. The summed E-state index contributed by atoms with van der Waals surface area (Å²) in [4.78, 5) is 18.3. The minimum atomic E-state index is -1.27. The van der Waals surface area contributed by atoms with Gasteiger partial charge in [0.1, 0.15) is 5.03 Å². The summed E-state index contributed by atoms with van der Waals surface area (Å²) in [7, 11) is -1.27. The Morgan fingerprint density at radius 1 is 1.25 bits per heavy atom. The summed E-state index contributed by atoms with van der Waals surface area (Å²) in [5, 5.41) is 4.89. The van der Waals surface area contributed by atoms with Gasteiger partial charge in [0.2, 0.25) is 0 Å². The van der Waals surface area contributed by atoms with Crippen LogP contribution >= 0.6 is 0 Å². The van der Waals surface area contributed by atoms with Crippen LogP contribution in [0.15, 0.2) is 35.6 Å². The molecule has 7 heteroatoms. The molecule has 0 N–H and O–H groups in total. The van der Waals surface area contributed by atoms with E-state index in [4.69, 9.17) is 0 Å². The molecule has 0 spiro atoms. The molecule has 1 fully saturated rings. The maximum Gasteiger partial charge on any atom is 0.255 e. The maximum absolute atomic E-state index is 12.4. The zero-order valence-corrected chi connectivity index (χ0v) is 14.8. The Morgan fingerprint density at radius 2 is 2.00 bits per heavy atom. The average Bonchev–Trinajstić information content (AvgIpc) is 3.26. The predicted molar refractivity (Wildman–Crippen MR) is 92.1 cm³/mol. The Balaban J connectivity index is 1.65. The van der Waals surface area contributed by atoms with Crippen LogP contribution in [-0.2, 0) is 16.6 Å². The molecule has 0 radical (unpaired) electrons. The number of carbonyl (C=O) groups excluding carboxylic acids is 1. The largest absolute Gasteiger partial charge is 0.339 e. The third kappa shape index (κ3) is 3.72. The Labute approximate surface area is 144 Å². The number of hydrogen-bond acceptors (Lipinski definition) is 4. The van der Waals surface area contributed by atoms with E-state index in [0.29, 0.717) is 16.3 Å². The summed E-state index contributed by atoms with van der Waals surface area (Å²) >= 11 is 0. The second kappa shape index (κ2) is 7.25. The molecule has 6 nitrogen and oxygen atoms in total. The van der Waals surface area contributed by atoms with Gasteiger partial charge in [-0.05, 0) is 44.9 Å². The molecule has 1 saturated heterocycles. The van der Waals surface area contributed by atoms with Crippen molar-refractivity contribution in [2.45, 2.75) is 43.5 Å². The third-order valence-corrected chi connectivity index (χ3v) is 5.35. The summed E-state index contributed by atoms with van der Waals surface area (Å²) in [6, 6.07) is 5.55. The van der Waals surface area contributed by atoms with Crippen molar-refractivity contribution in [3.8, 4) is 0 Å². The highest BCUT2D eigenvalue weighted by Crippen LogP contribution is 2.15. The molecular weight excluding hydrogens is 324 g/mol. The van der Waals surface area contributed by atoms with E-state index in [9.17, 15) is 9.00 Å². The number of hydrogen-bond donors (Lipinski definition) is 0. The average molecular weight is 346 g/mol. The third-order valence-electron chi connectivity index (χ3n) is 4.08. The van der Waals surface area contributed by atoms with Crippen LogP contribution in [-0.4, -0.2) is 42.9 Å². The van der Waals surface area contributed by atoms with Crippen LogP contribution in [0.1, 0.15) is 48.8 Å². The molecule has 2 aromatic heterocycles. The maximum atomic E-state index is 12.4. The van der Waals surface area contributed by atoms with E-state index < -0.39 is 10.8 Å². The number of nitrogens with zero attached hydrogens (tertiary/aromatic N) is 4. The van der Waals surface area contributed by atoms with E-state index in [2.05, 4.69) is 10.1 Å². The summed E-state index contributed by atoms with van der Waals surface area (Å²) in [5.41, 5.74) is 1.34. The Morgan fingerprint density at radius 3 is 2.58 bits per heavy atom. The van der Waals surface area contributed by atoms with Gasteiger partial charge in [-0.1, -0.05) is 0 Å². The van der Waals surface area contributed by atoms with Gasteiger partial charge in [0.15, 0.2) is 0 Å². The van der Waals surface area contributed by atoms with Crippen molar-refractivity contribution in [1.29, 1.82) is 0 Å². The summed E-state index contributed by atoms with van der Waals surface area (Å²) < 4.78 is 14.3. The van der Waals surface area contributed by atoms with Crippen molar-refractivity contribution in [1.82, 2.24) is 19.7 Å². The number of aromatic nitrogens is 3. The van der Waals surface area contributed by atoms with Crippen LogP contribution in [0.5, 0.6) is 0 Å². The Bertz CT molecular complexity index is 733. The zero-order valence-electron chi connectivity index (χ0n) is 14.0. The highest BCUT2D eigenvalue weighted by molar-refractivity contribution is 7.84. The number of carbonyl (C=O) groups is 1.